The summed E-state index contributed by atoms with van der Waals surface area (Å²) in [6.07, 6.45) is 2.81. The number of piperidine rings is 1. The van der Waals surface area contributed by atoms with Crippen molar-refractivity contribution in [1.29, 1.82) is 5.26 Å². The average Bonchev–Trinajstić information content (AvgIpc) is 3.25. The van der Waals surface area contributed by atoms with Crippen molar-refractivity contribution in [2.75, 3.05) is 18.0 Å². The van der Waals surface area contributed by atoms with E-state index in [-0.39, 0.29) is 54.4 Å². The van der Waals surface area contributed by atoms with E-state index in [9.17, 15) is 24.8 Å². The normalized spacial score (nSPS) is 15.4. The molecule has 1 fully saturated rings. The van der Waals surface area contributed by atoms with Gasteiger partial charge in [-0.3, -0.25) is 23.9 Å². The predicted molar refractivity (Wildman–Crippen MR) is 131 cm³/mol. The maximum Gasteiger partial charge on any atom is 0.305 e. The number of pyridine rings is 1. The van der Waals surface area contributed by atoms with Crippen molar-refractivity contribution < 1.29 is 9.90 Å². The van der Waals surface area contributed by atoms with E-state index in [1.165, 1.54) is 6.20 Å². The fourth-order valence-corrected chi connectivity index (χ4v) is 4.40. The van der Waals surface area contributed by atoms with Gasteiger partial charge < -0.3 is 15.7 Å². The number of aliphatic carboxylic acids is 1. The molecule has 1 unspecified atom stereocenters. The van der Waals surface area contributed by atoms with Crippen molar-refractivity contribution >= 4 is 23.0 Å². The Kier molecular flexibility index (Phi) is 7.17. The SMILES string of the molecule is CC#CCn1c(N2CCCC(N)C2)nc2c(=O)n(CCC(=O)O)n(Cc3ncccc3C#N)c(=O)c21. The zero-order valence-electron chi connectivity index (χ0n) is 19.8. The number of hydrogen-bond donors (Lipinski definition) is 2. The molecule has 36 heavy (non-hydrogen) atoms. The molecule has 12 nitrogen and oxygen atoms in total. The van der Waals surface area contributed by atoms with Crippen molar-refractivity contribution in [1.82, 2.24) is 23.9 Å². The van der Waals surface area contributed by atoms with E-state index in [0.717, 1.165) is 22.2 Å². The lowest BCUT2D eigenvalue weighted by atomic mass is 10.1. The fraction of sp³-hybridized carbons (Fsp3) is 0.417. The monoisotopic (exact) mass is 490 g/mol. The van der Waals surface area contributed by atoms with Crippen molar-refractivity contribution in [2.24, 2.45) is 5.73 Å². The van der Waals surface area contributed by atoms with E-state index in [2.05, 4.69) is 21.8 Å². The number of carboxylic acids is 1. The molecule has 0 saturated carbocycles. The maximum absolute atomic E-state index is 13.9. The van der Waals surface area contributed by atoms with Crippen LogP contribution in [0.1, 0.15) is 37.4 Å². The second-order valence-corrected chi connectivity index (χ2v) is 8.51. The van der Waals surface area contributed by atoms with Gasteiger partial charge in [0.1, 0.15) is 11.6 Å². The van der Waals surface area contributed by atoms with E-state index in [0.29, 0.717) is 19.0 Å². The molecule has 0 spiro atoms. The summed E-state index contributed by atoms with van der Waals surface area (Å²) in [5, 5.41) is 18.7. The first-order valence-electron chi connectivity index (χ1n) is 11.6. The Morgan fingerprint density at radius 1 is 1.31 bits per heavy atom. The highest BCUT2D eigenvalue weighted by Gasteiger charge is 2.27. The molecule has 12 heteroatoms. The highest BCUT2D eigenvalue weighted by molar-refractivity contribution is 5.77. The third kappa shape index (κ3) is 4.72. The molecule has 186 valence electrons. The van der Waals surface area contributed by atoms with Crippen LogP contribution in [-0.4, -0.2) is 54.1 Å². The van der Waals surface area contributed by atoms with Gasteiger partial charge in [-0.25, -0.2) is 14.3 Å². The lowest BCUT2D eigenvalue weighted by molar-refractivity contribution is -0.137. The van der Waals surface area contributed by atoms with Gasteiger partial charge in [0.05, 0.1) is 37.3 Å². The van der Waals surface area contributed by atoms with Crippen LogP contribution < -0.4 is 21.8 Å². The summed E-state index contributed by atoms with van der Waals surface area (Å²) < 4.78 is 3.83. The highest BCUT2D eigenvalue weighted by atomic mass is 16.4. The second kappa shape index (κ2) is 10.5. The van der Waals surface area contributed by atoms with Crippen LogP contribution in [0, 0.1) is 23.2 Å². The topological polar surface area (TPSA) is 165 Å². The van der Waals surface area contributed by atoms with Crippen molar-refractivity contribution in [2.45, 2.75) is 51.9 Å². The number of anilines is 1. The summed E-state index contributed by atoms with van der Waals surface area (Å²) >= 11 is 0. The molecule has 0 bridgehead atoms. The third-order valence-corrected chi connectivity index (χ3v) is 6.12. The molecule has 1 aliphatic rings. The molecule has 3 aromatic heterocycles. The van der Waals surface area contributed by atoms with Gasteiger partial charge in [0.2, 0.25) is 5.95 Å². The lowest BCUT2D eigenvalue weighted by Crippen LogP contribution is -2.44. The maximum atomic E-state index is 13.9. The second-order valence-electron chi connectivity index (χ2n) is 8.51. The molecule has 0 aliphatic carbocycles. The highest BCUT2D eigenvalue weighted by Crippen LogP contribution is 2.22. The smallest absolute Gasteiger partial charge is 0.305 e. The third-order valence-electron chi connectivity index (χ3n) is 6.12. The van der Waals surface area contributed by atoms with E-state index < -0.39 is 17.1 Å². The van der Waals surface area contributed by atoms with Crippen LogP contribution in [0.5, 0.6) is 0 Å². The molecular weight excluding hydrogens is 464 g/mol. The zero-order valence-corrected chi connectivity index (χ0v) is 19.8. The molecule has 0 amide bonds. The van der Waals surface area contributed by atoms with Gasteiger partial charge in [0, 0.05) is 25.3 Å². The summed E-state index contributed by atoms with van der Waals surface area (Å²) in [4.78, 5) is 49.5. The van der Waals surface area contributed by atoms with E-state index in [4.69, 9.17) is 5.73 Å². The van der Waals surface area contributed by atoms with Gasteiger partial charge in [-0.05, 0) is 31.9 Å². The first-order chi connectivity index (χ1) is 17.3. The van der Waals surface area contributed by atoms with E-state index in [1.807, 2.05) is 11.0 Å². The minimum absolute atomic E-state index is 0.0600. The molecule has 3 N–H and O–H groups in total. The fourth-order valence-electron chi connectivity index (χ4n) is 4.40. The number of rotatable bonds is 7. The predicted octanol–water partition coefficient (Wildman–Crippen LogP) is 0.100. The molecule has 4 heterocycles. The van der Waals surface area contributed by atoms with Crippen molar-refractivity contribution in [3.8, 4) is 17.9 Å². The number of hydrogen-bond acceptors (Lipinski definition) is 8. The summed E-state index contributed by atoms with van der Waals surface area (Å²) in [7, 11) is 0. The molecule has 1 saturated heterocycles. The number of carboxylic acid groups (broad SMARTS) is 1. The van der Waals surface area contributed by atoms with Crippen LogP contribution >= 0.6 is 0 Å². The molecule has 1 atom stereocenters. The number of fused-ring (bicyclic) bond motifs is 1. The number of aromatic nitrogens is 5. The van der Waals surface area contributed by atoms with Gasteiger partial charge in [0.25, 0.3) is 11.1 Å². The Morgan fingerprint density at radius 3 is 2.81 bits per heavy atom. The Labute approximate surface area is 206 Å². The van der Waals surface area contributed by atoms with Crippen LogP contribution in [0.3, 0.4) is 0 Å². The van der Waals surface area contributed by atoms with Crippen molar-refractivity contribution in [3.05, 3.63) is 50.3 Å². The summed E-state index contributed by atoms with van der Waals surface area (Å²) in [6.45, 7) is 2.55. The molecule has 0 aromatic carbocycles. The minimum Gasteiger partial charge on any atom is -0.481 e. The molecule has 0 radical (unpaired) electrons. The first kappa shape index (κ1) is 24.7. The summed E-state index contributed by atoms with van der Waals surface area (Å²) in [5.41, 5.74) is 5.55. The van der Waals surface area contributed by atoms with E-state index in [1.54, 1.807) is 23.6 Å². The van der Waals surface area contributed by atoms with Crippen LogP contribution in [0.15, 0.2) is 27.9 Å². The number of nitriles is 1. The molecular formula is C24H26N8O4. The quantitative estimate of drug-likeness (QED) is 0.437. The Balaban J connectivity index is 1.99. The van der Waals surface area contributed by atoms with Gasteiger partial charge in [0.15, 0.2) is 5.52 Å². The standard InChI is InChI=1S/C24H26N8O4/c1-2-3-11-30-21-20(28-24(30)29-10-5-7-17(26)14-29)22(35)31(12-8-19(33)34)32(23(21)36)15-18-16(13-25)6-4-9-27-18/h4,6,9,17H,5,7-8,10-12,14-15,26H2,1H3,(H,33,34). The zero-order chi connectivity index (χ0) is 25.8. The van der Waals surface area contributed by atoms with Crippen LogP contribution in [0.25, 0.3) is 11.0 Å². The minimum atomic E-state index is -1.12. The average molecular weight is 491 g/mol. The lowest BCUT2D eigenvalue weighted by Gasteiger charge is -2.31. The Bertz CT molecular complexity index is 1530. The Hall–Kier alpha value is -4.42. The number of nitrogens with two attached hydrogens (primary N) is 1. The van der Waals surface area contributed by atoms with Gasteiger partial charge in [-0.2, -0.15) is 5.26 Å². The number of imidazole rings is 1. The summed E-state index contributed by atoms with van der Waals surface area (Å²) in [5.74, 6) is 5.06. The molecule has 1 aliphatic heterocycles. The van der Waals surface area contributed by atoms with Gasteiger partial charge in [-0.15, -0.1) is 5.92 Å². The number of carbonyl (C=O) groups is 1. The number of nitrogens with zero attached hydrogens (tertiary/aromatic N) is 7. The van der Waals surface area contributed by atoms with Crippen LogP contribution in [-0.2, 0) is 24.4 Å². The largest absolute Gasteiger partial charge is 0.481 e. The van der Waals surface area contributed by atoms with Crippen LogP contribution in [0.4, 0.5) is 5.95 Å². The molecule has 4 rings (SSSR count). The van der Waals surface area contributed by atoms with E-state index >= 15 is 0 Å². The Morgan fingerprint density at radius 2 is 2.11 bits per heavy atom. The summed E-state index contributed by atoms with van der Waals surface area (Å²) in [6, 6.07) is 5.12. The van der Waals surface area contributed by atoms with Crippen LogP contribution in [0.2, 0.25) is 0 Å². The van der Waals surface area contributed by atoms with Gasteiger partial charge in [-0.1, -0.05) is 5.92 Å². The first-order valence-corrected chi connectivity index (χ1v) is 11.6. The van der Waals surface area contributed by atoms with Crippen molar-refractivity contribution in [3.63, 3.8) is 0 Å². The van der Waals surface area contributed by atoms with Gasteiger partial charge >= 0.3 is 5.97 Å². The molecule has 3 aromatic rings.